The molecule has 7 nitrogen and oxygen atoms in total. The molecule has 2 heterocycles. The number of nitrogens with zero attached hydrogens (tertiary/aromatic N) is 5. The van der Waals surface area contributed by atoms with Gasteiger partial charge in [-0.2, -0.15) is 5.10 Å². The number of benzene rings is 2. The highest BCUT2D eigenvalue weighted by molar-refractivity contribution is 5.79. The molecule has 0 spiro atoms. The zero-order valence-corrected chi connectivity index (χ0v) is 19.5. The SMILES string of the molecule is CN=C(NCCc1nccn1Cc1ccccc1)NCc1ccccc1-n1nc(C)cc1C. The van der Waals surface area contributed by atoms with Crippen LogP contribution in [0.15, 0.2) is 78.0 Å². The van der Waals surface area contributed by atoms with Crippen molar-refractivity contribution in [2.24, 2.45) is 4.99 Å². The van der Waals surface area contributed by atoms with E-state index < -0.39 is 0 Å². The first-order valence-electron chi connectivity index (χ1n) is 11.2. The molecular weight excluding hydrogens is 410 g/mol. The normalized spacial score (nSPS) is 11.5. The lowest BCUT2D eigenvalue weighted by atomic mass is 10.1. The third-order valence-electron chi connectivity index (χ3n) is 5.54. The average Bonchev–Trinajstić information content (AvgIpc) is 3.41. The molecule has 2 aromatic heterocycles. The molecule has 0 amide bonds. The number of nitrogens with one attached hydrogen (secondary N) is 2. The van der Waals surface area contributed by atoms with E-state index in [2.05, 4.69) is 85.7 Å². The first-order chi connectivity index (χ1) is 16.1. The maximum Gasteiger partial charge on any atom is 0.191 e. The van der Waals surface area contributed by atoms with Crippen molar-refractivity contribution in [3.05, 3.63) is 101 Å². The average molecular weight is 442 g/mol. The van der Waals surface area contributed by atoms with Crippen molar-refractivity contribution in [1.82, 2.24) is 30.0 Å². The zero-order chi connectivity index (χ0) is 23.0. The fraction of sp³-hybridized carbons (Fsp3) is 0.269. The van der Waals surface area contributed by atoms with Crippen molar-refractivity contribution in [3.63, 3.8) is 0 Å². The van der Waals surface area contributed by atoms with Gasteiger partial charge in [0.05, 0.1) is 11.4 Å². The molecule has 2 N–H and O–H groups in total. The van der Waals surface area contributed by atoms with Crippen molar-refractivity contribution in [2.75, 3.05) is 13.6 Å². The van der Waals surface area contributed by atoms with E-state index in [4.69, 9.17) is 0 Å². The van der Waals surface area contributed by atoms with E-state index in [0.717, 1.165) is 53.9 Å². The van der Waals surface area contributed by atoms with Crippen LogP contribution in [0.1, 0.15) is 28.3 Å². The number of guanidine groups is 1. The Bertz CT molecular complexity index is 1200. The largest absolute Gasteiger partial charge is 0.356 e. The predicted octanol–water partition coefficient (Wildman–Crippen LogP) is 3.64. The maximum atomic E-state index is 4.64. The number of hydrogen-bond acceptors (Lipinski definition) is 3. The quantitative estimate of drug-likeness (QED) is 0.323. The van der Waals surface area contributed by atoms with Crippen LogP contribution in [-0.4, -0.2) is 38.9 Å². The molecule has 0 fully saturated rings. The summed E-state index contributed by atoms with van der Waals surface area (Å²) < 4.78 is 4.19. The van der Waals surface area contributed by atoms with Gasteiger partial charge < -0.3 is 15.2 Å². The Kier molecular flexibility index (Phi) is 7.19. The van der Waals surface area contributed by atoms with Gasteiger partial charge in [-0.25, -0.2) is 9.67 Å². The van der Waals surface area contributed by atoms with Crippen LogP contribution in [0.25, 0.3) is 5.69 Å². The van der Waals surface area contributed by atoms with Gasteiger partial charge in [-0.3, -0.25) is 4.99 Å². The highest BCUT2D eigenvalue weighted by atomic mass is 15.3. The van der Waals surface area contributed by atoms with E-state index in [-0.39, 0.29) is 0 Å². The van der Waals surface area contributed by atoms with Crippen molar-refractivity contribution in [1.29, 1.82) is 0 Å². The molecule has 0 saturated heterocycles. The van der Waals surface area contributed by atoms with E-state index in [1.807, 2.05) is 36.1 Å². The molecule has 0 saturated carbocycles. The predicted molar refractivity (Wildman–Crippen MR) is 133 cm³/mol. The Hall–Kier alpha value is -3.87. The summed E-state index contributed by atoms with van der Waals surface area (Å²) in [5.74, 6) is 1.82. The molecule has 0 aliphatic heterocycles. The van der Waals surface area contributed by atoms with Crippen molar-refractivity contribution in [3.8, 4) is 5.69 Å². The topological polar surface area (TPSA) is 72.1 Å². The van der Waals surface area contributed by atoms with Crippen LogP contribution in [-0.2, 0) is 19.5 Å². The van der Waals surface area contributed by atoms with E-state index in [9.17, 15) is 0 Å². The number of imidazole rings is 1. The Morgan fingerprint density at radius 3 is 2.55 bits per heavy atom. The van der Waals surface area contributed by atoms with E-state index in [1.165, 1.54) is 5.56 Å². The molecule has 170 valence electrons. The molecule has 33 heavy (non-hydrogen) atoms. The Morgan fingerprint density at radius 2 is 1.79 bits per heavy atom. The Balaban J connectivity index is 1.33. The highest BCUT2D eigenvalue weighted by Gasteiger charge is 2.10. The van der Waals surface area contributed by atoms with Gasteiger partial charge in [0, 0.05) is 51.2 Å². The molecule has 0 radical (unpaired) electrons. The number of aryl methyl sites for hydroxylation is 2. The van der Waals surface area contributed by atoms with Gasteiger partial charge in [0.25, 0.3) is 0 Å². The summed E-state index contributed by atoms with van der Waals surface area (Å²) in [6.45, 7) is 6.31. The van der Waals surface area contributed by atoms with Crippen LogP contribution in [0.4, 0.5) is 0 Å². The van der Waals surface area contributed by atoms with Gasteiger partial charge in [0.1, 0.15) is 5.82 Å². The minimum atomic E-state index is 0.650. The summed E-state index contributed by atoms with van der Waals surface area (Å²) in [6, 6.07) is 20.8. The van der Waals surface area contributed by atoms with Crippen molar-refractivity contribution in [2.45, 2.75) is 33.4 Å². The Morgan fingerprint density at radius 1 is 1.00 bits per heavy atom. The minimum Gasteiger partial charge on any atom is -0.356 e. The fourth-order valence-electron chi connectivity index (χ4n) is 3.92. The van der Waals surface area contributed by atoms with Gasteiger partial charge in [-0.15, -0.1) is 0 Å². The summed E-state index contributed by atoms with van der Waals surface area (Å²) in [6.07, 6.45) is 4.70. The van der Waals surface area contributed by atoms with E-state index >= 15 is 0 Å². The number of rotatable bonds is 8. The summed E-state index contributed by atoms with van der Waals surface area (Å²) in [7, 11) is 1.79. The van der Waals surface area contributed by atoms with Crippen molar-refractivity contribution < 1.29 is 0 Å². The monoisotopic (exact) mass is 441 g/mol. The lowest BCUT2D eigenvalue weighted by molar-refractivity contribution is 0.693. The van der Waals surface area contributed by atoms with E-state index in [0.29, 0.717) is 6.54 Å². The van der Waals surface area contributed by atoms with Crippen LogP contribution >= 0.6 is 0 Å². The number of aliphatic imine (C=N–C) groups is 1. The molecule has 2 aromatic carbocycles. The number of aromatic nitrogens is 4. The smallest absolute Gasteiger partial charge is 0.191 e. The molecular formula is C26H31N7. The maximum absolute atomic E-state index is 4.64. The van der Waals surface area contributed by atoms with Crippen LogP contribution < -0.4 is 10.6 Å². The third-order valence-corrected chi connectivity index (χ3v) is 5.54. The van der Waals surface area contributed by atoms with Gasteiger partial charge in [-0.05, 0) is 37.1 Å². The molecule has 0 aliphatic rings. The third kappa shape index (κ3) is 5.68. The van der Waals surface area contributed by atoms with Crippen LogP contribution in [0, 0.1) is 13.8 Å². The summed E-state index contributed by atoms with van der Waals surface area (Å²) in [4.78, 5) is 8.92. The number of para-hydroxylation sites is 1. The second-order valence-corrected chi connectivity index (χ2v) is 8.03. The second kappa shape index (κ2) is 10.6. The van der Waals surface area contributed by atoms with Crippen LogP contribution in [0.2, 0.25) is 0 Å². The zero-order valence-electron chi connectivity index (χ0n) is 19.5. The lowest BCUT2D eigenvalue weighted by Gasteiger charge is -2.15. The second-order valence-electron chi connectivity index (χ2n) is 8.03. The van der Waals surface area contributed by atoms with Crippen LogP contribution in [0.5, 0.6) is 0 Å². The molecule has 0 bridgehead atoms. The van der Waals surface area contributed by atoms with Gasteiger partial charge in [0.15, 0.2) is 5.96 Å². The summed E-state index contributed by atoms with van der Waals surface area (Å²) >= 11 is 0. The van der Waals surface area contributed by atoms with Crippen LogP contribution in [0.3, 0.4) is 0 Å². The number of hydrogen-bond donors (Lipinski definition) is 2. The minimum absolute atomic E-state index is 0.650. The van der Waals surface area contributed by atoms with Crippen molar-refractivity contribution >= 4 is 5.96 Å². The first kappa shape index (κ1) is 22.3. The summed E-state index contributed by atoms with van der Waals surface area (Å²) in [5.41, 5.74) is 5.63. The molecule has 4 aromatic rings. The standard InChI is InChI=1S/C26H31N7/c1-20-17-21(2)33(31-20)24-12-8-7-11-23(24)18-30-26(27-3)29-14-13-25-28-15-16-32(25)19-22-9-5-4-6-10-22/h4-12,15-17H,13-14,18-19H2,1-3H3,(H2,27,29,30). The molecule has 4 rings (SSSR count). The molecule has 0 aliphatic carbocycles. The molecule has 7 heteroatoms. The lowest BCUT2D eigenvalue weighted by Crippen LogP contribution is -2.38. The highest BCUT2D eigenvalue weighted by Crippen LogP contribution is 2.17. The Labute approximate surface area is 195 Å². The summed E-state index contributed by atoms with van der Waals surface area (Å²) in [5, 5.41) is 11.5. The fourth-order valence-corrected chi connectivity index (χ4v) is 3.92. The molecule has 0 atom stereocenters. The first-order valence-corrected chi connectivity index (χ1v) is 11.2. The van der Waals surface area contributed by atoms with E-state index in [1.54, 1.807) is 7.05 Å². The van der Waals surface area contributed by atoms with Gasteiger partial charge in [0.2, 0.25) is 0 Å². The molecule has 0 unspecified atom stereocenters. The van der Waals surface area contributed by atoms with Gasteiger partial charge in [-0.1, -0.05) is 48.5 Å². The van der Waals surface area contributed by atoms with Gasteiger partial charge >= 0.3 is 0 Å².